The second kappa shape index (κ2) is 7.30. The maximum Gasteiger partial charge on any atom is 0.458 e. The molecule has 0 heterocycles. The van der Waals surface area contributed by atoms with Crippen LogP contribution in [0.1, 0.15) is 0 Å². The first-order valence-corrected chi connectivity index (χ1v) is 7.52. The number of sulfone groups is 1. The van der Waals surface area contributed by atoms with E-state index >= 15 is 0 Å². The molecule has 1 aromatic rings. The van der Waals surface area contributed by atoms with E-state index < -0.39 is 33.8 Å². The van der Waals surface area contributed by atoms with Crippen LogP contribution in [0.15, 0.2) is 29.2 Å². The molecule has 23 heavy (non-hydrogen) atoms. The smallest absolute Gasteiger partial charge is 0.280 e. The van der Waals surface area contributed by atoms with Crippen LogP contribution in [0.3, 0.4) is 0 Å². The van der Waals surface area contributed by atoms with Crippen molar-refractivity contribution in [1.82, 2.24) is 0 Å². The molecule has 0 spiro atoms. The Morgan fingerprint density at radius 1 is 0.870 bits per heavy atom. The van der Waals surface area contributed by atoms with E-state index in [1.54, 1.807) is 12.1 Å². The molecule has 1 aromatic carbocycles. The van der Waals surface area contributed by atoms with E-state index in [4.69, 9.17) is 11.6 Å². The second-order valence-corrected chi connectivity index (χ2v) is 6.33. The number of hydrogen-bond donors (Lipinski definition) is 0. The summed E-state index contributed by atoms with van der Waals surface area (Å²) in [5, 5.41) is 0.539. The fourth-order valence-corrected chi connectivity index (χ4v) is 1.70. The molecular weight excluding hydrogens is 378 g/mol. The summed E-state index contributed by atoms with van der Waals surface area (Å²) in [6.45, 7) is 0. The van der Waals surface area contributed by atoms with Gasteiger partial charge in [0.25, 0.3) is 0 Å². The molecule has 1 rings (SSSR count). The highest BCUT2D eigenvalue weighted by Gasteiger charge is 2.54. The summed E-state index contributed by atoms with van der Waals surface area (Å²) in [5.74, 6) is -6.81. The van der Waals surface area contributed by atoms with E-state index in [-0.39, 0.29) is 0 Å². The largest absolute Gasteiger partial charge is 0.458 e. The summed E-state index contributed by atoms with van der Waals surface area (Å²) in [7, 11) is -3.08. The summed E-state index contributed by atoms with van der Waals surface area (Å²) in [6, 6.07) is 6.07. The molecule has 0 saturated heterocycles. The molecule has 0 bridgehead atoms. The van der Waals surface area contributed by atoms with Gasteiger partial charge in [-0.1, -0.05) is 11.6 Å². The van der Waals surface area contributed by atoms with Gasteiger partial charge in [-0.15, -0.1) is 0 Å². The summed E-state index contributed by atoms with van der Waals surface area (Å²) in [5.41, 5.74) is 0. The van der Waals surface area contributed by atoms with Crippen molar-refractivity contribution in [1.29, 1.82) is 0 Å². The maximum atomic E-state index is 11.2. The average molecular weight is 385 g/mol. The van der Waals surface area contributed by atoms with Crippen LogP contribution in [-0.2, 0) is 19.4 Å². The Balaban J connectivity index is 0.000000422. The minimum atomic E-state index is -5.77. The fourth-order valence-electron chi connectivity index (χ4n) is 0.939. The molecule has 0 aliphatic carbocycles. The Morgan fingerprint density at radius 2 is 1.17 bits per heavy atom. The van der Waals surface area contributed by atoms with Gasteiger partial charge in [0.2, 0.25) is 0 Å². The van der Waals surface area contributed by atoms with Gasteiger partial charge >= 0.3 is 23.9 Å². The van der Waals surface area contributed by atoms with Crippen LogP contribution in [0, 0.1) is 0 Å². The van der Waals surface area contributed by atoms with E-state index in [1.807, 2.05) is 0 Å². The fraction of sp³-hybridized carbons (Fsp3) is 0.273. The Hall–Kier alpha value is -1.62. The molecule has 0 fully saturated rings. The summed E-state index contributed by atoms with van der Waals surface area (Å²) in [6.07, 6.45) is -10.4. The first kappa shape index (κ1) is 21.4. The van der Waals surface area contributed by atoms with Crippen LogP contribution in [-0.4, -0.2) is 38.6 Å². The Kier molecular flexibility index (Phi) is 6.79. The standard InChI is InChI=1S/C7H7ClO2S.C4F6O2/c1-11(9,10)7-4-2-6(8)3-5-7;5-3(6,7)1(11)2(12)4(8,9)10/h2-5H,1H3;. The van der Waals surface area contributed by atoms with Crippen LogP contribution in [0.25, 0.3) is 0 Å². The van der Waals surface area contributed by atoms with E-state index in [0.29, 0.717) is 9.92 Å². The zero-order chi connectivity index (χ0) is 18.6. The van der Waals surface area contributed by atoms with Gasteiger partial charge in [-0.2, -0.15) is 26.3 Å². The van der Waals surface area contributed by atoms with E-state index in [0.717, 1.165) is 6.26 Å². The molecule has 0 saturated carbocycles. The van der Waals surface area contributed by atoms with Gasteiger partial charge in [0.15, 0.2) is 9.84 Å². The first-order chi connectivity index (χ1) is 10.1. The number of carbonyl (C=O) groups is 2. The van der Waals surface area contributed by atoms with Gasteiger partial charge in [-0.05, 0) is 24.3 Å². The highest BCUT2D eigenvalue weighted by Crippen LogP contribution is 2.24. The predicted molar refractivity (Wildman–Crippen MR) is 66.7 cm³/mol. The van der Waals surface area contributed by atoms with Crippen molar-refractivity contribution in [3.05, 3.63) is 29.3 Å². The lowest BCUT2D eigenvalue weighted by atomic mass is 10.2. The predicted octanol–water partition coefficient (Wildman–Crippen LogP) is 2.99. The SMILES string of the molecule is CS(=O)(=O)c1ccc(Cl)cc1.O=C(C(=O)C(F)(F)F)C(F)(F)F. The van der Waals surface area contributed by atoms with Gasteiger partial charge in [-0.3, -0.25) is 9.59 Å². The maximum absolute atomic E-state index is 11.2. The van der Waals surface area contributed by atoms with Crippen molar-refractivity contribution in [2.75, 3.05) is 6.26 Å². The van der Waals surface area contributed by atoms with Gasteiger partial charge in [0, 0.05) is 11.3 Å². The number of Topliss-reactive ketones (excluding diaryl/α,β-unsaturated/α-hetero) is 2. The van der Waals surface area contributed by atoms with Gasteiger partial charge in [-0.25, -0.2) is 8.42 Å². The Bertz CT molecular complexity index is 652. The number of hydrogen-bond acceptors (Lipinski definition) is 4. The summed E-state index contributed by atoms with van der Waals surface area (Å²) < 4.78 is 88.8. The number of alkyl halides is 6. The van der Waals surface area contributed by atoms with Crippen LogP contribution in [0.4, 0.5) is 26.3 Å². The van der Waals surface area contributed by atoms with Crippen molar-refractivity contribution in [3.8, 4) is 0 Å². The van der Waals surface area contributed by atoms with Crippen molar-refractivity contribution in [2.45, 2.75) is 17.2 Å². The summed E-state index contributed by atoms with van der Waals surface area (Å²) >= 11 is 5.57. The molecule has 0 aromatic heterocycles. The molecule has 12 heteroatoms. The van der Waals surface area contributed by atoms with Crippen LogP contribution < -0.4 is 0 Å². The van der Waals surface area contributed by atoms with E-state index in [9.17, 15) is 44.3 Å². The third-order valence-corrected chi connectivity index (χ3v) is 3.34. The first-order valence-electron chi connectivity index (χ1n) is 5.25. The minimum absolute atomic E-state index is 0.293. The zero-order valence-electron chi connectivity index (χ0n) is 11.0. The lowest BCUT2D eigenvalue weighted by Gasteiger charge is -2.05. The molecule has 0 N–H and O–H groups in total. The number of halogens is 7. The normalized spacial score (nSPS) is 12.2. The molecule has 130 valence electrons. The Morgan fingerprint density at radius 3 is 1.39 bits per heavy atom. The van der Waals surface area contributed by atoms with E-state index in [2.05, 4.69) is 0 Å². The van der Waals surface area contributed by atoms with Crippen molar-refractivity contribution in [2.24, 2.45) is 0 Å². The molecule has 0 amide bonds. The average Bonchev–Trinajstić information content (AvgIpc) is 2.35. The molecule has 0 aliphatic rings. The lowest BCUT2D eigenvalue weighted by molar-refractivity contribution is -0.193. The van der Waals surface area contributed by atoms with Gasteiger partial charge in [0.1, 0.15) is 0 Å². The number of ketones is 2. The van der Waals surface area contributed by atoms with E-state index in [1.165, 1.54) is 12.1 Å². The van der Waals surface area contributed by atoms with Crippen LogP contribution in [0.5, 0.6) is 0 Å². The van der Waals surface area contributed by atoms with Crippen molar-refractivity contribution in [3.63, 3.8) is 0 Å². The monoisotopic (exact) mass is 384 g/mol. The summed E-state index contributed by atoms with van der Waals surface area (Å²) in [4.78, 5) is 19.5. The molecule has 0 radical (unpaired) electrons. The zero-order valence-corrected chi connectivity index (χ0v) is 12.6. The third kappa shape index (κ3) is 7.46. The highest BCUT2D eigenvalue weighted by atomic mass is 35.5. The third-order valence-electron chi connectivity index (χ3n) is 1.96. The quantitative estimate of drug-likeness (QED) is 0.580. The topological polar surface area (TPSA) is 68.3 Å². The number of carbonyl (C=O) groups excluding carboxylic acids is 2. The lowest BCUT2D eigenvalue weighted by Crippen LogP contribution is -2.39. The minimum Gasteiger partial charge on any atom is -0.280 e. The second-order valence-electron chi connectivity index (χ2n) is 3.88. The molecular formula is C11H7ClF6O4S. The highest BCUT2D eigenvalue weighted by molar-refractivity contribution is 7.90. The van der Waals surface area contributed by atoms with Crippen molar-refractivity contribution >= 4 is 33.0 Å². The Labute approximate surface area is 131 Å². The van der Waals surface area contributed by atoms with Crippen molar-refractivity contribution < 1.29 is 44.3 Å². The van der Waals surface area contributed by atoms with Crippen LogP contribution >= 0.6 is 11.6 Å². The molecule has 0 aliphatic heterocycles. The molecule has 4 nitrogen and oxygen atoms in total. The molecule has 0 atom stereocenters. The van der Waals surface area contributed by atoms with Gasteiger partial charge < -0.3 is 0 Å². The van der Waals surface area contributed by atoms with Gasteiger partial charge in [0.05, 0.1) is 4.90 Å². The van der Waals surface area contributed by atoms with Crippen LogP contribution in [0.2, 0.25) is 5.02 Å². The number of rotatable bonds is 2. The number of benzene rings is 1. The molecule has 0 unspecified atom stereocenters.